The molecule has 0 bridgehead atoms. The zero-order valence-corrected chi connectivity index (χ0v) is 56.4. The Morgan fingerprint density at radius 2 is 0.671 bits per heavy atom. The Morgan fingerprint density at radius 3 is 0.988 bits per heavy atom. The zero-order chi connectivity index (χ0) is 61.4. The van der Waals surface area contributed by atoms with Crippen LogP contribution in [0.4, 0.5) is 0 Å². The highest BCUT2D eigenvalue weighted by Gasteiger charge is 2.44. The van der Waals surface area contributed by atoms with E-state index in [1.807, 2.05) is 6.08 Å². The summed E-state index contributed by atoms with van der Waals surface area (Å²) in [5, 5.41) is 54.8. The van der Waals surface area contributed by atoms with Crippen molar-refractivity contribution in [2.75, 3.05) is 13.2 Å². The van der Waals surface area contributed by atoms with Crippen LogP contribution in [0.15, 0.2) is 36.5 Å². The highest BCUT2D eigenvalue weighted by atomic mass is 16.7. The van der Waals surface area contributed by atoms with Crippen LogP contribution >= 0.6 is 0 Å². The van der Waals surface area contributed by atoms with Gasteiger partial charge in [0.25, 0.3) is 0 Å². The molecule has 85 heavy (non-hydrogen) atoms. The van der Waals surface area contributed by atoms with Crippen LogP contribution in [0.25, 0.3) is 0 Å². The number of amides is 1. The molecular formula is C76H145NO8. The molecule has 0 aromatic rings. The normalized spacial score (nSPS) is 18.2. The molecule has 6 N–H and O–H groups in total. The summed E-state index contributed by atoms with van der Waals surface area (Å²) in [7, 11) is 0. The summed E-state index contributed by atoms with van der Waals surface area (Å²) < 4.78 is 11.3. The van der Waals surface area contributed by atoms with Crippen molar-refractivity contribution in [1.29, 1.82) is 0 Å². The summed E-state index contributed by atoms with van der Waals surface area (Å²) in [4.78, 5) is 13.1. The van der Waals surface area contributed by atoms with Crippen LogP contribution in [0.2, 0.25) is 0 Å². The molecule has 0 aromatic heterocycles. The van der Waals surface area contributed by atoms with Crippen molar-refractivity contribution in [3.8, 4) is 0 Å². The van der Waals surface area contributed by atoms with E-state index in [-0.39, 0.29) is 12.5 Å². The molecule has 1 heterocycles. The van der Waals surface area contributed by atoms with Crippen LogP contribution < -0.4 is 5.32 Å². The Kier molecular flexibility index (Phi) is 62.6. The fourth-order valence-electron chi connectivity index (χ4n) is 12.3. The van der Waals surface area contributed by atoms with Gasteiger partial charge in [0, 0.05) is 6.42 Å². The number of allylic oxidation sites excluding steroid dienone is 5. The summed E-state index contributed by atoms with van der Waals surface area (Å²) in [5.74, 6) is -0.182. The number of aliphatic hydroxyl groups is 5. The Morgan fingerprint density at radius 1 is 0.388 bits per heavy atom. The van der Waals surface area contributed by atoms with Gasteiger partial charge in [0.1, 0.15) is 24.4 Å². The van der Waals surface area contributed by atoms with E-state index in [1.165, 1.54) is 321 Å². The second kappa shape index (κ2) is 65.4. The van der Waals surface area contributed by atoms with Gasteiger partial charge < -0.3 is 40.3 Å². The molecule has 1 aliphatic heterocycles. The first-order valence-electron chi connectivity index (χ1n) is 37.7. The van der Waals surface area contributed by atoms with E-state index in [1.54, 1.807) is 6.08 Å². The zero-order valence-electron chi connectivity index (χ0n) is 56.4. The third kappa shape index (κ3) is 53.9. The lowest BCUT2D eigenvalue weighted by molar-refractivity contribution is -0.302. The SMILES string of the molecule is CCCCCCCCCCCCCCCCCC/C=C/CC/C=C/CC/C=C/C(O)C(COC1OC(CO)C(O)C(O)C1O)NC(=O)CCCCCCCCCCCCCCCCCCCCCCCCCCCCCCCCCCCCCC. The molecule has 0 saturated carbocycles. The molecule has 1 aliphatic rings. The molecule has 7 atom stereocenters. The first-order valence-corrected chi connectivity index (χ1v) is 37.7. The van der Waals surface area contributed by atoms with E-state index in [9.17, 15) is 30.3 Å². The lowest BCUT2D eigenvalue weighted by Gasteiger charge is -2.40. The van der Waals surface area contributed by atoms with Crippen molar-refractivity contribution in [2.24, 2.45) is 0 Å². The number of nitrogens with one attached hydrogen (secondary N) is 1. The maximum atomic E-state index is 13.1. The van der Waals surface area contributed by atoms with Gasteiger partial charge in [0.2, 0.25) is 5.91 Å². The summed E-state index contributed by atoms with van der Waals surface area (Å²) in [6.45, 7) is 3.82. The van der Waals surface area contributed by atoms with E-state index in [0.717, 1.165) is 44.9 Å². The Labute approximate surface area is 527 Å². The Balaban J connectivity index is 2.09. The predicted molar refractivity (Wildman–Crippen MR) is 364 cm³/mol. The highest BCUT2D eigenvalue weighted by Crippen LogP contribution is 2.24. The molecule has 0 aliphatic carbocycles. The first kappa shape index (κ1) is 81.4. The molecule has 7 unspecified atom stereocenters. The maximum Gasteiger partial charge on any atom is 0.220 e. The van der Waals surface area contributed by atoms with Crippen LogP contribution in [0, 0.1) is 0 Å². The van der Waals surface area contributed by atoms with E-state index >= 15 is 0 Å². The average molecular weight is 1200 g/mol. The second-order valence-corrected chi connectivity index (χ2v) is 26.4. The first-order chi connectivity index (χ1) is 41.8. The highest BCUT2D eigenvalue weighted by molar-refractivity contribution is 5.76. The van der Waals surface area contributed by atoms with Crippen LogP contribution in [0.3, 0.4) is 0 Å². The average Bonchev–Trinajstić information content (AvgIpc) is 3.71. The molecule has 0 spiro atoms. The Hall–Kier alpha value is -1.59. The van der Waals surface area contributed by atoms with E-state index < -0.39 is 49.5 Å². The van der Waals surface area contributed by atoms with Crippen molar-refractivity contribution in [3.05, 3.63) is 36.5 Å². The van der Waals surface area contributed by atoms with Crippen molar-refractivity contribution in [1.82, 2.24) is 5.32 Å². The van der Waals surface area contributed by atoms with Crippen molar-refractivity contribution >= 4 is 5.91 Å². The number of carbonyl (C=O) groups is 1. The number of unbranched alkanes of at least 4 members (excludes halogenated alkanes) is 53. The van der Waals surface area contributed by atoms with E-state index in [0.29, 0.717) is 6.42 Å². The predicted octanol–water partition coefficient (Wildman–Crippen LogP) is 21.0. The summed E-state index contributed by atoms with van der Waals surface area (Å²) >= 11 is 0. The number of aliphatic hydroxyl groups excluding tert-OH is 5. The monoisotopic (exact) mass is 1200 g/mol. The number of hydrogen-bond acceptors (Lipinski definition) is 8. The van der Waals surface area contributed by atoms with Gasteiger partial charge in [0.05, 0.1) is 25.4 Å². The quantitative estimate of drug-likeness (QED) is 0.0261. The molecule has 502 valence electrons. The fourth-order valence-corrected chi connectivity index (χ4v) is 12.3. The van der Waals surface area contributed by atoms with Gasteiger partial charge in [-0.3, -0.25) is 4.79 Å². The minimum Gasteiger partial charge on any atom is -0.394 e. The maximum absolute atomic E-state index is 13.1. The Bertz CT molecular complexity index is 1440. The third-order valence-corrected chi connectivity index (χ3v) is 18.2. The van der Waals surface area contributed by atoms with E-state index in [4.69, 9.17) is 9.47 Å². The topological polar surface area (TPSA) is 149 Å². The van der Waals surface area contributed by atoms with Gasteiger partial charge in [0.15, 0.2) is 6.29 Å². The standard InChI is InChI=1S/C76H145NO8/c1-3-5-7-9-11-13-15-17-19-21-23-25-27-29-31-32-33-34-35-36-37-38-39-40-42-44-46-48-50-52-54-56-58-60-62-64-66-72(80)77-69(68-84-76-75(83)74(82)73(81)71(67-78)85-76)70(79)65-63-61-59-57-55-53-51-49-47-45-43-41-30-28-26-24-22-20-18-16-14-12-10-8-6-4-2/h47,49,55,57,63,65,69-71,73-76,78-79,81-83H,3-46,48,50-54,56,58-62,64,66-68H2,1-2H3,(H,77,80)/b49-47+,57-55+,65-63+. The van der Waals surface area contributed by atoms with Crippen molar-refractivity contribution in [2.45, 2.75) is 429 Å². The largest absolute Gasteiger partial charge is 0.394 e. The minimum atomic E-state index is -1.58. The van der Waals surface area contributed by atoms with Gasteiger partial charge in [-0.05, 0) is 44.9 Å². The van der Waals surface area contributed by atoms with Gasteiger partial charge in [-0.2, -0.15) is 0 Å². The van der Waals surface area contributed by atoms with Crippen LogP contribution in [-0.4, -0.2) is 87.5 Å². The van der Waals surface area contributed by atoms with Crippen LogP contribution in [0.5, 0.6) is 0 Å². The number of carbonyl (C=O) groups excluding carboxylic acids is 1. The minimum absolute atomic E-state index is 0.182. The molecule has 1 fully saturated rings. The van der Waals surface area contributed by atoms with Gasteiger partial charge in [-0.25, -0.2) is 0 Å². The molecule has 1 rings (SSSR count). The lowest BCUT2D eigenvalue weighted by Crippen LogP contribution is -2.60. The molecule has 1 saturated heterocycles. The number of ether oxygens (including phenoxy) is 2. The number of rotatable bonds is 67. The van der Waals surface area contributed by atoms with Gasteiger partial charge >= 0.3 is 0 Å². The van der Waals surface area contributed by atoms with Crippen molar-refractivity contribution < 1.29 is 39.8 Å². The van der Waals surface area contributed by atoms with Gasteiger partial charge in [-0.15, -0.1) is 0 Å². The molecule has 1 amide bonds. The van der Waals surface area contributed by atoms with Crippen LogP contribution in [0.1, 0.15) is 386 Å². The summed E-state index contributed by atoms with van der Waals surface area (Å²) in [6, 6.07) is -0.828. The molecular weight excluding hydrogens is 1050 g/mol. The smallest absolute Gasteiger partial charge is 0.220 e. The van der Waals surface area contributed by atoms with Gasteiger partial charge in [-0.1, -0.05) is 371 Å². The number of hydrogen-bond donors (Lipinski definition) is 6. The lowest BCUT2D eigenvalue weighted by atomic mass is 9.99. The molecule has 9 heteroatoms. The second-order valence-electron chi connectivity index (χ2n) is 26.4. The van der Waals surface area contributed by atoms with Crippen LogP contribution in [-0.2, 0) is 14.3 Å². The summed E-state index contributed by atoms with van der Waals surface area (Å²) in [6.07, 6.45) is 81.5. The summed E-state index contributed by atoms with van der Waals surface area (Å²) in [5.41, 5.74) is 0. The van der Waals surface area contributed by atoms with E-state index in [2.05, 4.69) is 43.5 Å². The molecule has 0 radical (unpaired) electrons. The molecule has 9 nitrogen and oxygen atoms in total. The fraction of sp³-hybridized carbons (Fsp3) is 0.908. The third-order valence-electron chi connectivity index (χ3n) is 18.2. The van der Waals surface area contributed by atoms with Crippen molar-refractivity contribution in [3.63, 3.8) is 0 Å². The molecule has 0 aromatic carbocycles.